The predicted octanol–water partition coefficient (Wildman–Crippen LogP) is 5.72. The van der Waals surface area contributed by atoms with E-state index in [4.69, 9.17) is 21.2 Å². The van der Waals surface area contributed by atoms with E-state index in [1.54, 1.807) is 0 Å². The molecule has 1 aromatic heterocycles. The highest BCUT2D eigenvalue weighted by atomic mass is 32.2. The molecule has 0 amide bonds. The molecule has 0 bridgehead atoms. The molecular formula is C31H36N4O3S2. The Balaban J connectivity index is 1.28. The molecule has 3 aromatic carbocycles. The number of rotatable bonds is 9. The van der Waals surface area contributed by atoms with Gasteiger partial charge in [0.15, 0.2) is 0 Å². The van der Waals surface area contributed by atoms with Gasteiger partial charge in [-0.25, -0.2) is 5.84 Å². The molecule has 0 atom stereocenters. The number of thiophene rings is 1. The van der Waals surface area contributed by atoms with E-state index in [9.17, 15) is 4.55 Å². The van der Waals surface area contributed by atoms with Gasteiger partial charge >= 0.3 is 0 Å². The number of hydrazone groups is 1. The standard InChI is InChI=1S/C31H36N4O3S2/c1-20-17-26(38-25-13-15-40(36)16-14-25)9-10-27(20)31-21(2)39-29-11-5-23(18-28(29)31)19-37-24-7-3-22(4-8-24)6-12-30(34-32)35-33/h3-5,7-11,17-18,25H,6,12-16,19,32-33H2,1-2H3,(H,34,35). The molecule has 2 heterocycles. The van der Waals surface area contributed by atoms with E-state index >= 15 is 0 Å². The number of nitrogens with one attached hydrogen (secondary N) is 1. The Kier molecular flexibility index (Phi) is 9.16. The Bertz CT molecular complexity index is 1480. The molecule has 0 spiro atoms. The first-order valence-corrected chi connectivity index (χ1v) is 15.8. The molecule has 1 fully saturated rings. The van der Waals surface area contributed by atoms with Crippen LogP contribution in [0.15, 0.2) is 65.8 Å². The molecule has 0 unspecified atom stereocenters. The SMILES string of the molecule is Cc1cc(OC2CC[S+]([O-])CC2)ccc1-c1c(C)sc2ccc(COc3ccc(CC/C(=N/N)NN)cc3)cc12. The molecule has 7 nitrogen and oxygen atoms in total. The Labute approximate surface area is 242 Å². The number of nitrogens with zero attached hydrogens (tertiary/aromatic N) is 1. The van der Waals surface area contributed by atoms with Gasteiger partial charge in [0.05, 0.1) is 0 Å². The average molecular weight is 577 g/mol. The van der Waals surface area contributed by atoms with E-state index in [0.29, 0.717) is 18.9 Å². The van der Waals surface area contributed by atoms with Crippen molar-refractivity contribution in [3.63, 3.8) is 0 Å². The number of fused-ring (bicyclic) bond motifs is 1. The van der Waals surface area contributed by atoms with Crippen LogP contribution < -0.4 is 26.6 Å². The minimum absolute atomic E-state index is 0.150. The predicted molar refractivity (Wildman–Crippen MR) is 166 cm³/mol. The summed E-state index contributed by atoms with van der Waals surface area (Å²) in [5, 5.41) is 4.87. The van der Waals surface area contributed by atoms with Crippen LogP contribution in [-0.2, 0) is 24.2 Å². The molecule has 1 aliphatic rings. The topological polar surface area (TPSA) is 118 Å². The number of aryl methyl sites for hydroxylation is 3. The first-order valence-electron chi connectivity index (χ1n) is 13.5. The van der Waals surface area contributed by atoms with Crippen LogP contribution in [0, 0.1) is 13.8 Å². The van der Waals surface area contributed by atoms with Crippen LogP contribution in [-0.4, -0.2) is 28.0 Å². The van der Waals surface area contributed by atoms with Crippen molar-refractivity contribution >= 4 is 38.4 Å². The van der Waals surface area contributed by atoms with Crippen LogP contribution in [0.5, 0.6) is 11.5 Å². The summed E-state index contributed by atoms with van der Waals surface area (Å²) in [6, 6.07) is 21.1. The number of benzene rings is 3. The van der Waals surface area contributed by atoms with Crippen molar-refractivity contribution in [2.45, 2.75) is 52.2 Å². The van der Waals surface area contributed by atoms with Crippen LogP contribution >= 0.6 is 11.3 Å². The maximum absolute atomic E-state index is 11.7. The summed E-state index contributed by atoms with van der Waals surface area (Å²) in [4.78, 5) is 1.29. The van der Waals surface area contributed by atoms with Crippen LogP contribution in [0.4, 0.5) is 0 Å². The summed E-state index contributed by atoms with van der Waals surface area (Å²) in [7, 11) is 0. The zero-order chi connectivity index (χ0) is 28.1. The first-order chi connectivity index (χ1) is 19.4. The highest BCUT2D eigenvalue weighted by molar-refractivity contribution is 7.91. The summed E-state index contributed by atoms with van der Waals surface area (Å²) in [6.07, 6.45) is 3.29. The Morgan fingerprint density at radius 3 is 2.45 bits per heavy atom. The zero-order valence-corrected chi connectivity index (χ0v) is 24.6. The molecule has 5 N–H and O–H groups in total. The molecule has 40 heavy (non-hydrogen) atoms. The van der Waals surface area contributed by atoms with Crippen LogP contribution in [0.25, 0.3) is 21.2 Å². The van der Waals surface area contributed by atoms with Gasteiger partial charge < -0.3 is 25.3 Å². The lowest BCUT2D eigenvalue weighted by Crippen LogP contribution is -2.31. The van der Waals surface area contributed by atoms with Gasteiger partial charge in [0.2, 0.25) is 0 Å². The van der Waals surface area contributed by atoms with E-state index in [2.05, 4.69) is 72.9 Å². The van der Waals surface area contributed by atoms with E-state index in [1.807, 2.05) is 23.5 Å². The number of ether oxygens (including phenoxy) is 2. The third-order valence-electron chi connectivity index (χ3n) is 7.34. The monoisotopic (exact) mass is 576 g/mol. The number of hydrogen-bond donors (Lipinski definition) is 3. The number of amidine groups is 1. The van der Waals surface area contributed by atoms with Gasteiger partial charge in [-0.1, -0.05) is 35.4 Å². The first kappa shape index (κ1) is 28.3. The summed E-state index contributed by atoms with van der Waals surface area (Å²) in [6.45, 7) is 4.83. The van der Waals surface area contributed by atoms with E-state index in [0.717, 1.165) is 53.4 Å². The van der Waals surface area contributed by atoms with Gasteiger partial charge in [0.25, 0.3) is 0 Å². The van der Waals surface area contributed by atoms with Crippen molar-refractivity contribution in [1.29, 1.82) is 0 Å². The second-order valence-electron chi connectivity index (χ2n) is 10.2. The van der Waals surface area contributed by atoms with Gasteiger partial charge in [-0.3, -0.25) is 0 Å². The van der Waals surface area contributed by atoms with E-state index < -0.39 is 11.2 Å². The Morgan fingerprint density at radius 1 is 1.02 bits per heavy atom. The minimum Gasteiger partial charge on any atom is -0.616 e. The normalized spacial score (nSPS) is 17.6. The van der Waals surface area contributed by atoms with Crippen LogP contribution in [0.1, 0.15) is 40.8 Å². The summed E-state index contributed by atoms with van der Waals surface area (Å²) < 4.78 is 25.3. The highest BCUT2D eigenvalue weighted by Gasteiger charge is 2.23. The van der Waals surface area contributed by atoms with Crippen LogP contribution in [0.2, 0.25) is 0 Å². The Morgan fingerprint density at radius 2 is 1.75 bits per heavy atom. The maximum Gasteiger partial charge on any atom is 0.136 e. The number of hydrogen-bond acceptors (Lipinski definition) is 7. The van der Waals surface area contributed by atoms with Crippen molar-refractivity contribution < 1.29 is 14.0 Å². The quantitative estimate of drug-likeness (QED) is 0.0771. The third kappa shape index (κ3) is 6.72. The summed E-state index contributed by atoms with van der Waals surface area (Å²) in [5.41, 5.74) is 8.48. The minimum atomic E-state index is -0.683. The molecule has 0 radical (unpaired) electrons. The zero-order valence-electron chi connectivity index (χ0n) is 22.9. The maximum atomic E-state index is 11.7. The Hall–Kier alpha value is -3.24. The second kappa shape index (κ2) is 13.0. The molecule has 0 saturated carbocycles. The molecule has 1 aliphatic heterocycles. The van der Waals surface area contributed by atoms with Gasteiger partial charge in [0, 0.05) is 39.8 Å². The van der Waals surface area contributed by atoms with Gasteiger partial charge in [0.1, 0.15) is 41.6 Å². The fraction of sp³-hybridized carbons (Fsp3) is 0.323. The molecule has 0 aliphatic carbocycles. The summed E-state index contributed by atoms with van der Waals surface area (Å²) >= 11 is 1.14. The molecule has 5 rings (SSSR count). The fourth-order valence-electron chi connectivity index (χ4n) is 5.12. The lowest BCUT2D eigenvalue weighted by atomic mass is 9.97. The van der Waals surface area contributed by atoms with Crippen molar-refractivity contribution in [1.82, 2.24) is 5.43 Å². The van der Waals surface area contributed by atoms with Gasteiger partial charge in [-0.2, -0.15) is 5.10 Å². The summed E-state index contributed by atoms with van der Waals surface area (Å²) in [5.74, 6) is 14.5. The second-order valence-corrected chi connectivity index (χ2v) is 13.1. The van der Waals surface area contributed by atoms with Gasteiger partial charge in [-0.05, 0) is 78.9 Å². The van der Waals surface area contributed by atoms with Crippen molar-refractivity contribution in [2.75, 3.05) is 11.5 Å². The fourth-order valence-corrected chi connectivity index (χ4v) is 7.43. The lowest BCUT2D eigenvalue weighted by molar-refractivity contribution is 0.189. The molecule has 4 aromatic rings. The lowest BCUT2D eigenvalue weighted by Gasteiger charge is -2.25. The smallest absolute Gasteiger partial charge is 0.136 e. The largest absolute Gasteiger partial charge is 0.616 e. The molecule has 210 valence electrons. The number of hydrazine groups is 1. The number of nitrogens with two attached hydrogens (primary N) is 2. The average Bonchev–Trinajstić information content (AvgIpc) is 3.29. The molecule has 1 saturated heterocycles. The molecular weight excluding hydrogens is 541 g/mol. The van der Waals surface area contributed by atoms with Crippen LogP contribution in [0.3, 0.4) is 0 Å². The highest BCUT2D eigenvalue weighted by Crippen LogP contribution is 2.41. The van der Waals surface area contributed by atoms with E-state index in [1.165, 1.54) is 31.7 Å². The molecule has 9 heteroatoms. The van der Waals surface area contributed by atoms with Crippen molar-refractivity contribution in [3.8, 4) is 22.6 Å². The van der Waals surface area contributed by atoms with Crippen molar-refractivity contribution in [3.05, 3.63) is 82.2 Å². The third-order valence-corrected chi connectivity index (χ3v) is 9.80. The van der Waals surface area contributed by atoms with Crippen molar-refractivity contribution in [2.24, 2.45) is 16.8 Å². The van der Waals surface area contributed by atoms with E-state index in [-0.39, 0.29) is 6.10 Å². The van der Waals surface area contributed by atoms with Gasteiger partial charge in [-0.15, -0.1) is 11.3 Å².